The van der Waals surface area contributed by atoms with Crippen LogP contribution in [0.3, 0.4) is 0 Å². The van der Waals surface area contributed by atoms with Gasteiger partial charge >= 0.3 is 0 Å². The molecule has 0 spiro atoms. The minimum absolute atomic E-state index is 0.0481. The highest BCUT2D eigenvalue weighted by molar-refractivity contribution is 5.73. The van der Waals surface area contributed by atoms with E-state index in [0.717, 1.165) is 12.8 Å². The first-order valence-electron chi connectivity index (χ1n) is 8.45. The molecular formula is C18H32O4-2. The third-order valence-corrected chi connectivity index (χ3v) is 4.76. The lowest BCUT2D eigenvalue weighted by Crippen LogP contribution is -2.51. The third kappa shape index (κ3) is 5.98. The van der Waals surface area contributed by atoms with Gasteiger partial charge in [0.05, 0.1) is 0 Å². The van der Waals surface area contributed by atoms with Crippen molar-refractivity contribution < 1.29 is 19.8 Å². The van der Waals surface area contributed by atoms with E-state index in [-0.39, 0.29) is 18.3 Å². The molecule has 2 unspecified atom stereocenters. The number of carboxylic acids is 2. The van der Waals surface area contributed by atoms with Crippen molar-refractivity contribution in [2.24, 2.45) is 29.1 Å². The van der Waals surface area contributed by atoms with E-state index in [2.05, 4.69) is 27.7 Å². The Kier molecular flexibility index (Phi) is 8.72. The Morgan fingerprint density at radius 3 is 1.55 bits per heavy atom. The van der Waals surface area contributed by atoms with Crippen molar-refractivity contribution in [1.82, 2.24) is 0 Å². The van der Waals surface area contributed by atoms with E-state index >= 15 is 0 Å². The van der Waals surface area contributed by atoms with Crippen molar-refractivity contribution in [2.45, 2.75) is 73.6 Å². The summed E-state index contributed by atoms with van der Waals surface area (Å²) in [5.74, 6) is -1.48. The van der Waals surface area contributed by atoms with Crippen LogP contribution in [0.25, 0.3) is 0 Å². The Balaban J connectivity index is 5.42. The average Bonchev–Trinajstić information content (AvgIpc) is 2.31. The van der Waals surface area contributed by atoms with E-state index in [1.54, 1.807) is 0 Å². The highest BCUT2D eigenvalue weighted by Crippen LogP contribution is 2.45. The molecule has 4 nitrogen and oxygen atoms in total. The van der Waals surface area contributed by atoms with Crippen LogP contribution in [0.2, 0.25) is 0 Å². The molecule has 0 radical (unpaired) electrons. The van der Waals surface area contributed by atoms with Crippen molar-refractivity contribution >= 4 is 11.9 Å². The molecule has 0 aromatic heterocycles. The fraction of sp³-hybridized carbons (Fsp3) is 0.889. The van der Waals surface area contributed by atoms with Crippen LogP contribution in [0.15, 0.2) is 0 Å². The first-order chi connectivity index (χ1) is 10.0. The summed E-state index contributed by atoms with van der Waals surface area (Å²) < 4.78 is 0. The maximum Gasteiger partial charge on any atom is 0.0481 e. The van der Waals surface area contributed by atoms with Crippen LogP contribution in [-0.2, 0) is 9.59 Å². The summed E-state index contributed by atoms with van der Waals surface area (Å²) in [6, 6.07) is 0. The largest absolute Gasteiger partial charge is 0.550 e. The van der Waals surface area contributed by atoms with Crippen molar-refractivity contribution in [1.29, 1.82) is 0 Å². The van der Waals surface area contributed by atoms with Gasteiger partial charge in [0, 0.05) is 17.4 Å². The molecule has 22 heavy (non-hydrogen) atoms. The van der Waals surface area contributed by atoms with Crippen LogP contribution in [0.4, 0.5) is 0 Å². The van der Waals surface area contributed by atoms with E-state index in [1.807, 2.05) is 13.8 Å². The van der Waals surface area contributed by atoms with Gasteiger partial charge in [0.15, 0.2) is 0 Å². The Bertz CT molecular complexity index is 344. The molecule has 0 N–H and O–H groups in total. The summed E-state index contributed by atoms with van der Waals surface area (Å²) in [4.78, 5) is 22.7. The molecule has 0 aliphatic carbocycles. The van der Waals surface area contributed by atoms with Gasteiger partial charge in [-0.25, -0.2) is 0 Å². The van der Waals surface area contributed by atoms with Crippen LogP contribution in [0, 0.1) is 29.1 Å². The highest BCUT2D eigenvalue weighted by atomic mass is 16.4. The van der Waals surface area contributed by atoms with Crippen LogP contribution < -0.4 is 10.2 Å². The van der Waals surface area contributed by atoms with E-state index in [0.29, 0.717) is 24.7 Å². The number of rotatable bonds is 11. The minimum atomic E-state index is -1.12. The smallest absolute Gasteiger partial charge is 0.0481 e. The maximum atomic E-state index is 12.1. The second-order valence-electron chi connectivity index (χ2n) is 7.61. The standard InChI is InChI=1S/C18H34O4/c1-12(2)10-14(5)18(17(21)22,9-7-8-16(19)20)15(6)11-13(3)4/h12-15H,7-11H2,1-6H3,(H,19,20)(H,21,22)/p-2. The molecule has 0 bridgehead atoms. The fourth-order valence-electron chi connectivity index (χ4n) is 3.84. The first kappa shape index (κ1) is 20.9. The van der Waals surface area contributed by atoms with Gasteiger partial charge in [-0.2, -0.15) is 0 Å². The molecule has 0 amide bonds. The molecule has 0 rings (SSSR count). The summed E-state index contributed by atoms with van der Waals surface area (Å²) in [5, 5.41) is 22.7. The minimum Gasteiger partial charge on any atom is -0.550 e. The molecular weight excluding hydrogens is 280 g/mol. The van der Waals surface area contributed by atoms with Crippen molar-refractivity contribution in [3.05, 3.63) is 0 Å². The van der Waals surface area contributed by atoms with Crippen molar-refractivity contribution in [2.75, 3.05) is 0 Å². The van der Waals surface area contributed by atoms with Gasteiger partial charge in [0.25, 0.3) is 0 Å². The van der Waals surface area contributed by atoms with Crippen LogP contribution in [-0.4, -0.2) is 11.9 Å². The maximum absolute atomic E-state index is 12.1. The van der Waals surface area contributed by atoms with Gasteiger partial charge in [0.2, 0.25) is 0 Å². The van der Waals surface area contributed by atoms with Gasteiger partial charge in [-0.3, -0.25) is 0 Å². The van der Waals surface area contributed by atoms with E-state index < -0.39 is 17.4 Å². The number of aliphatic carboxylic acids is 2. The van der Waals surface area contributed by atoms with Crippen LogP contribution in [0.5, 0.6) is 0 Å². The zero-order valence-corrected chi connectivity index (χ0v) is 15.0. The van der Waals surface area contributed by atoms with Crippen LogP contribution in [0.1, 0.15) is 73.6 Å². The van der Waals surface area contributed by atoms with Gasteiger partial charge < -0.3 is 19.8 Å². The topological polar surface area (TPSA) is 80.3 Å². The van der Waals surface area contributed by atoms with Gasteiger partial charge in [0.1, 0.15) is 0 Å². The quantitative estimate of drug-likeness (QED) is 0.584. The van der Waals surface area contributed by atoms with Crippen molar-refractivity contribution in [3.63, 3.8) is 0 Å². The number of hydrogen-bond donors (Lipinski definition) is 0. The number of carbonyl (C=O) groups is 2. The van der Waals surface area contributed by atoms with Gasteiger partial charge in [-0.1, -0.05) is 41.5 Å². The molecule has 130 valence electrons. The average molecular weight is 312 g/mol. The molecule has 0 aliphatic heterocycles. The zero-order valence-electron chi connectivity index (χ0n) is 15.0. The van der Waals surface area contributed by atoms with E-state index in [1.165, 1.54) is 0 Å². The van der Waals surface area contributed by atoms with Gasteiger partial charge in [-0.15, -0.1) is 0 Å². The third-order valence-electron chi connectivity index (χ3n) is 4.76. The lowest BCUT2D eigenvalue weighted by molar-refractivity contribution is -0.327. The highest BCUT2D eigenvalue weighted by Gasteiger charge is 2.42. The Morgan fingerprint density at radius 1 is 0.864 bits per heavy atom. The summed E-state index contributed by atoms with van der Waals surface area (Å²) in [7, 11) is 0. The number of carboxylic acid groups (broad SMARTS) is 2. The van der Waals surface area contributed by atoms with Crippen LogP contribution >= 0.6 is 0 Å². The second kappa shape index (κ2) is 9.16. The number of hydrogen-bond acceptors (Lipinski definition) is 4. The Morgan fingerprint density at radius 2 is 1.27 bits per heavy atom. The molecule has 0 aliphatic rings. The molecule has 0 aromatic carbocycles. The monoisotopic (exact) mass is 312 g/mol. The Hall–Kier alpha value is -1.06. The second-order valence-corrected chi connectivity index (χ2v) is 7.61. The molecule has 4 heteroatoms. The lowest BCUT2D eigenvalue weighted by atomic mass is 9.61. The summed E-state index contributed by atoms with van der Waals surface area (Å²) >= 11 is 0. The predicted octanol–water partition coefficient (Wildman–Crippen LogP) is 2.01. The predicted molar refractivity (Wildman–Crippen MR) is 83.5 cm³/mol. The van der Waals surface area contributed by atoms with Gasteiger partial charge in [-0.05, 0) is 55.8 Å². The lowest BCUT2D eigenvalue weighted by Gasteiger charge is -2.46. The molecule has 0 heterocycles. The molecule has 0 saturated carbocycles. The number of carbonyl (C=O) groups excluding carboxylic acids is 2. The normalized spacial score (nSPS) is 17.3. The van der Waals surface area contributed by atoms with Crippen molar-refractivity contribution in [3.8, 4) is 0 Å². The Labute approximate surface area is 135 Å². The zero-order chi connectivity index (χ0) is 17.5. The summed E-state index contributed by atoms with van der Waals surface area (Å²) in [6.07, 6.45) is 2.15. The molecule has 2 atom stereocenters. The molecule has 0 saturated heterocycles. The molecule has 0 fully saturated rings. The SMILES string of the molecule is CC(C)CC(C)C(CCCC(=O)[O-])(C(=O)[O-])C(C)CC(C)C. The summed E-state index contributed by atoms with van der Waals surface area (Å²) in [5.41, 5.74) is -0.968. The van der Waals surface area contributed by atoms with E-state index in [9.17, 15) is 19.8 Å². The fourth-order valence-corrected chi connectivity index (χ4v) is 3.84. The molecule has 0 aromatic rings. The first-order valence-corrected chi connectivity index (χ1v) is 8.45. The van der Waals surface area contributed by atoms with E-state index in [4.69, 9.17) is 0 Å². The summed E-state index contributed by atoms with van der Waals surface area (Å²) in [6.45, 7) is 12.2.